The second kappa shape index (κ2) is 9.95. The molecular weight excluding hydrogens is 367 g/mol. The van der Waals surface area contributed by atoms with E-state index in [1.54, 1.807) is 6.07 Å². The molecule has 0 bridgehead atoms. The van der Waals surface area contributed by atoms with Gasteiger partial charge in [-0.25, -0.2) is 4.39 Å². The van der Waals surface area contributed by atoms with Crippen LogP contribution >= 0.6 is 0 Å². The first-order chi connectivity index (χ1) is 13.9. The zero-order valence-electron chi connectivity index (χ0n) is 18.5. The molecule has 1 heterocycles. The average Bonchev–Trinajstić information content (AvgIpc) is 2.73. The molecule has 2 fully saturated rings. The van der Waals surface area contributed by atoms with E-state index in [4.69, 9.17) is 9.47 Å². The Labute approximate surface area is 175 Å². The summed E-state index contributed by atoms with van der Waals surface area (Å²) in [4.78, 5) is 12.8. The van der Waals surface area contributed by atoms with E-state index in [-0.39, 0.29) is 35.5 Å². The highest BCUT2D eigenvalue weighted by atomic mass is 19.1. The highest BCUT2D eigenvalue weighted by Crippen LogP contribution is 2.41. The van der Waals surface area contributed by atoms with Crippen molar-refractivity contribution in [3.8, 4) is 5.75 Å². The molecule has 3 nitrogen and oxygen atoms in total. The highest BCUT2D eigenvalue weighted by Gasteiger charge is 2.39. The zero-order chi connectivity index (χ0) is 21.0. The van der Waals surface area contributed by atoms with E-state index >= 15 is 0 Å². The van der Waals surface area contributed by atoms with E-state index in [0.717, 1.165) is 24.3 Å². The first-order valence-electron chi connectivity index (χ1n) is 11.5. The summed E-state index contributed by atoms with van der Waals surface area (Å²) in [6.07, 6.45) is 9.58. The van der Waals surface area contributed by atoms with Gasteiger partial charge in [0.05, 0.1) is 13.0 Å². The molecule has 0 radical (unpaired) electrons. The summed E-state index contributed by atoms with van der Waals surface area (Å²) in [5, 5.41) is 0. The standard InChI is InChI=1S/C25H37FO3/c1-5-6-18-7-9-19(10-8-18)17(3)23-14-12-21(25(27)29-23)16(2)20-11-13-24(28-4)22(26)15-20/h11,13,15-19,21,23H,5-10,12,14H2,1-4H3. The van der Waals surface area contributed by atoms with Gasteiger partial charge in [0.2, 0.25) is 0 Å². The molecular formula is C25H37FO3. The molecule has 1 saturated carbocycles. The fourth-order valence-corrected chi connectivity index (χ4v) is 5.49. The summed E-state index contributed by atoms with van der Waals surface area (Å²) < 4.78 is 25.0. The maximum Gasteiger partial charge on any atom is 0.309 e. The number of hydrogen-bond donors (Lipinski definition) is 0. The molecule has 4 atom stereocenters. The van der Waals surface area contributed by atoms with Crippen molar-refractivity contribution in [1.29, 1.82) is 0 Å². The topological polar surface area (TPSA) is 35.5 Å². The van der Waals surface area contributed by atoms with Gasteiger partial charge in [0, 0.05) is 0 Å². The number of benzene rings is 1. The third-order valence-electron chi connectivity index (χ3n) is 7.56. The van der Waals surface area contributed by atoms with Crippen LogP contribution in [0.2, 0.25) is 0 Å². The summed E-state index contributed by atoms with van der Waals surface area (Å²) in [6, 6.07) is 4.97. The van der Waals surface area contributed by atoms with E-state index in [2.05, 4.69) is 13.8 Å². The Morgan fingerprint density at radius 3 is 2.45 bits per heavy atom. The van der Waals surface area contributed by atoms with Crippen LogP contribution in [0.4, 0.5) is 4.39 Å². The van der Waals surface area contributed by atoms with Gasteiger partial charge < -0.3 is 9.47 Å². The van der Waals surface area contributed by atoms with Gasteiger partial charge in [-0.15, -0.1) is 0 Å². The van der Waals surface area contributed by atoms with Gasteiger partial charge in [0.1, 0.15) is 6.10 Å². The number of carbonyl (C=O) groups is 1. The minimum atomic E-state index is -0.383. The Hall–Kier alpha value is -1.58. The van der Waals surface area contributed by atoms with E-state index in [9.17, 15) is 9.18 Å². The van der Waals surface area contributed by atoms with Crippen LogP contribution < -0.4 is 4.74 Å². The third-order valence-corrected chi connectivity index (χ3v) is 7.56. The molecule has 1 aliphatic carbocycles. The number of halogens is 1. The van der Waals surface area contributed by atoms with Gasteiger partial charge in [0.25, 0.3) is 0 Å². The van der Waals surface area contributed by atoms with Gasteiger partial charge in [-0.3, -0.25) is 4.79 Å². The fourth-order valence-electron chi connectivity index (χ4n) is 5.49. The van der Waals surface area contributed by atoms with Crippen molar-refractivity contribution < 1.29 is 18.7 Å². The molecule has 4 heteroatoms. The van der Waals surface area contributed by atoms with E-state index in [1.807, 2.05) is 13.0 Å². The third kappa shape index (κ3) is 5.13. The molecule has 3 rings (SSSR count). The van der Waals surface area contributed by atoms with Crippen LogP contribution in [0.5, 0.6) is 5.75 Å². The first kappa shape index (κ1) is 22.1. The maximum absolute atomic E-state index is 14.1. The second-order valence-corrected chi connectivity index (χ2v) is 9.27. The second-order valence-electron chi connectivity index (χ2n) is 9.27. The Morgan fingerprint density at radius 1 is 1.14 bits per heavy atom. The van der Waals surface area contributed by atoms with Crippen LogP contribution in [0, 0.1) is 29.5 Å². The lowest BCUT2D eigenvalue weighted by Crippen LogP contribution is -2.39. The van der Waals surface area contributed by atoms with E-state index in [0.29, 0.717) is 11.8 Å². The van der Waals surface area contributed by atoms with Crippen LogP contribution in [-0.4, -0.2) is 19.2 Å². The van der Waals surface area contributed by atoms with Crippen LogP contribution in [0.25, 0.3) is 0 Å². The Balaban J connectivity index is 1.56. The number of rotatable bonds is 7. The Bertz CT molecular complexity index is 681. The van der Waals surface area contributed by atoms with Crippen LogP contribution in [0.15, 0.2) is 18.2 Å². The molecule has 0 spiro atoms. The Morgan fingerprint density at radius 2 is 1.86 bits per heavy atom. The molecule has 0 N–H and O–H groups in total. The fraction of sp³-hybridized carbons (Fsp3) is 0.720. The monoisotopic (exact) mass is 404 g/mol. The van der Waals surface area contributed by atoms with E-state index < -0.39 is 0 Å². The normalized spacial score (nSPS) is 29.8. The highest BCUT2D eigenvalue weighted by molar-refractivity contribution is 5.74. The minimum Gasteiger partial charge on any atom is -0.494 e. The molecule has 162 valence electrons. The number of methoxy groups -OCH3 is 1. The number of ether oxygens (including phenoxy) is 2. The molecule has 0 amide bonds. The molecule has 1 aromatic rings. The van der Waals surface area contributed by atoms with Crippen molar-refractivity contribution in [2.75, 3.05) is 7.11 Å². The molecule has 1 saturated heterocycles. The average molecular weight is 405 g/mol. The number of carbonyl (C=O) groups excluding carboxylic acids is 1. The molecule has 4 unspecified atom stereocenters. The summed E-state index contributed by atoms with van der Waals surface area (Å²) in [6.45, 7) is 6.53. The summed E-state index contributed by atoms with van der Waals surface area (Å²) in [5.74, 6) is 1.46. The van der Waals surface area contributed by atoms with Crippen molar-refractivity contribution in [1.82, 2.24) is 0 Å². The lowest BCUT2D eigenvalue weighted by Gasteiger charge is -2.39. The van der Waals surface area contributed by atoms with Crippen molar-refractivity contribution in [2.45, 2.75) is 84.2 Å². The SMILES string of the molecule is CCCC1CCC(C(C)C2CCC(C(C)c3ccc(OC)c(F)c3)C(=O)O2)CC1. The van der Waals surface area contributed by atoms with Crippen molar-refractivity contribution >= 4 is 5.97 Å². The lowest BCUT2D eigenvalue weighted by molar-refractivity contribution is -0.166. The van der Waals surface area contributed by atoms with E-state index in [1.165, 1.54) is 51.7 Å². The zero-order valence-corrected chi connectivity index (χ0v) is 18.5. The summed E-state index contributed by atoms with van der Waals surface area (Å²) in [5.41, 5.74) is 0.825. The molecule has 1 aromatic carbocycles. The van der Waals surface area contributed by atoms with Gasteiger partial charge in [-0.1, -0.05) is 52.5 Å². The van der Waals surface area contributed by atoms with Crippen molar-refractivity contribution in [3.05, 3.63) is 29.6 Å². The first-order valence-corrected chi connectivity index (χ1v) is 11.5. The smallest absolute Gasteiger partial charge is 0.309 e. The molecule has 2 aliphatic rings. The largest absolute Gasteiger partial charge is 0.494 e. The van der Waals surface area contributed by atoms with Gasteiger partial charge in [0.15, 0.2) is 11.6 Å². The van der Waals surface area contributed by atoms with Gasteiger partial charge in [-0.05, 0) is 67.1 Å². The summed E-state index contributed by atoms with van der Waals surface area (Å²) >= 11 is 0. The number of esters is 1. The predicted molar refractivity (Wildman–Crippen MR) is 113 cm³/mol. The lowest BCUT2D eigenvalue weighted by atomic mass is 9.72. The van der Waals surface area contributed by atoms with Crippen LogP contribution in [-0.2, 0) is 9.53 Å². The minimum absolute atomic E-state index is 0.0336. The molecule has 0 aromatic heterocycles. The van der Waals surface area contributed by atoms with Crippen LogP contribution in [0.1, 0.15) is 83.6 Å². The molecule has 1 aliphatic heterocycles. The van der Waals surface area contributed by atoms with Crippen molar-refractivity contribution in [3.63, 3.8) is 0 Å². The van der Waals surface area contributed by atoms with Crippen LogP contribution in [0.3, 0.4) is 0 Å². The summed E-state index contributed by atoms with van der Waals surface area (Å²) in [7, 11) is 1.46. The molecule has 29 heavy (non-hydrogen) atoms. The number of cyclic esters (lactones) is 1. The number of hydrogen-bond acceptors (Lipinski definition) is 3. The quantitative estimate of drug-likeness (QED) is 0.486. The maximum atomic E-state index is 14.1. The van der Waals surface area contributed by atoms with Gasteiger partial charge in [-0.2, -0.15) is 0 Å². The Kier molecular flexibility index (Phi) is 7.59. The van der Waals surface area contributed by atoms with Gasteiger partial charge >= 0.3 is 5.97 Å². The van der Waals surface area contributed by atoms with Crippen molar-refractivity contribution in [2.24, 2.45) is 23.7 Å². The predicted octanol–water partition coefficient (Wildman–Crippen LogP) is 6.50.